The largest absolute Gasteiger partial charge is 0.491 e. The molecular formula is C10H13NO5. The predicted octanol–water partition coefficient (Wildman–Crippen LogP) is 0.979. The van der Waals surface area contributed by atoms with Gasteiger partial charge in [-0.15, -0.1) is 0 Å². The van der Waals surface area contributed by atoms with Gasteiger partial charge in [-0.05, 0) is 18.2 Å². The van der Waals surface area contributed by atoms with Gasteiger partial charge in [0.05, 0.1) is 17.1 Å². The number of rotatable bonds is 6. The Morgan fingerprint density at radius 3 is 2.88 bits per heavy atom. The molecule has 0 radical (unpaired) electrons. The second-order valence-electron chi connectivity index (χ2n) is 3.07. The average molecular weight is 227 g/mol. The molecule has 1 unspecified atom stereocenters. The Morgan fingerprint density at radius 1 is 1.50 bits per heavy atom. The Balaban J connectivity index is 2.67. The van der Waals surface area contributed by atoms with Crippen molar-refractivity contribution < 1.29 is 19.5 Å². The maximum absolute atomic E-state index is 10.4. The van der Waals surface area contributed by atoms with Gasteiger partial charge in [-0.2, -0.15) is 0 Å². The van der Waals surface area contributed by atoms with Gasteiger partial charge in [-0.3, -0.25) is 10.1 Å². The minimum atomic E-state index is -1.72. The summed E-state index contributed by atoms with van der Waals surface area (Å²) < 4.78 is 10.1. The summed E-state index contributed by atoms with van der Waals surface area (Å²) in [5.74, 6) is 0.468. The predicted molar refractivity (Wildman–Crippen MR) is 55.8 cm³/mol. The molecule has 0 aromatic heterocycles. The van der Waals surface area contributed by atoms with Gasteiger partial charge in [0.15, 0.2) is 0 Å². The van der Waals surface area contributed by atoms with E-state index in [1.807, 2.05) is 0 Å². The molecule has 1 aromatic carbocycles. The average Bonchev–Trinajstić information content (AvgIpc) is 2.29. The van der Waals surface area contributed by atoms with Crippen LogP contribution in [0, 0.1) is 10.1 Å². The number of nitrogens with zero attached hydrogens (tertiary/aromatic N) is 1. The summed E-state index contributed by atoms with van der Waals surface area (Å²) in [6, 6.07) is 6.15. The van der Waals surface area contributed by atoms with Crippen molar-refractivity contribution >= 4 is 0 Å². The number of aliphatic hydroxyl groups is 1. The third kappa shape index (κ3) is 3.48. The molecule has 0 aliphatic heterocycles. The van der Waals surface area contributed by atoms with Crippen LogP contribution in [-0.2, 0) is 4.74 Å². The Hall–Kier alpha value is -1.66. The number of methoxy groups -OCH3 is 1. The van der Waals surface area contributed by atoms with Crippen molar-refractivity contribution in [3.8, 4) is 5.75 Å². The van der Waals surface area contributed by atoms with Crippen molar-refractivity contribution in [2.75, 3.05) is 20.3 Å². The molecule has 88 valence electrons. The summed E-state index contributed by atoms with van der Waals surface area (Å²) in [6.45, 7) is 0.788. The third-order valence-electron chi connectivity index (χ3n) is 1.91. The lowest BCUT2D eigenvalue weighted by Crippen LogP contribution is -2.10. The molecule has 1 aromatic rings. The van der Waals surface area contributed by atoms with E-state index in [2.05, 4.69) is 0 Å². The minimum Gasteiger partial charge on any atom is -0.491 e. The molecule has 0 heterocycles. The van der Waals surface area contributed by atoms with Crippen molar-refractivity contribution in [2.24, 2.45) is 0 Å². The summed E-state index contributed by atoms with van der Waals surface area (Å²) in [7, 11) is 1.55. The summed E-state index contributed by atoms with van der Waals surface area (Å²) in [5.41, 5.74) is 0.194. The smallest absolute Gasteiger partial charge is 0.339 e. The van der Waals surface area contributed by atoms with Crippen LogP contribution in [0.4, 0.5) is 0 Å². The van der Waals surface area contributed by atoms with Crippen molar-refractivity contribution in [2.45, 2.75) is 6.23 Å². The van der Waals surface area contributed by atoms with Crippen LogP contribution in [0.25, 0.3) is 0 Å². The van der Waals surface area contributed by atoms with Crippen LogP contribution >= 0.6 is 0 Å². The standard InChI is InChI=1S/C10H13NO5/c1-15-5-6-16-9-4-2-3-8(7-9)10(12)11(13)14/h2-4,7,10,12H,5-6H2,1H3. The summed E-state index contributed by atoms with van der Waals surface area (Å²) >= 11 is 0. The first-order chi connectivity index (χ1) is 7.65. The second-order valence-corrected chi connectivity index (χ2v) is 3.07. The number of benzene rings is 1. The van der Waals surface area contributed by atoms with E-state index in [0.29, 0.717) is 19.0 Å². The van der Waals surface area contributed by atoms with Gasteiger partial charge >= 0.3 is 6.23 Å². The van der Waals surface area contributed by atoms with E-state index in [0.717, 1.165) is 0 Å². The van der Waals surface area contributed by atoms with Crippen molar-refractivity contribution in [3.05, 3.63) is 39.9 Å². The Labute approximate surface area is 92.6 Å². The molecule has 0 aliphatic rings. The van der Waals surface area contributed by atoms with Crippen LogP contribution < -0.4 is 4.74 Å². The zero-order chi connectivity index (χ0) is 12.0. The summed E-state index contributed by atoms with van der Waals surface area (Å²) in [4.78, 5) is 9.60. The first-order valence-corrected chi connectivity index (χ1v) is 4.68. The van der Waals surface area contributed by atoms with Crippen molar-refractivity contribution in [3.63, 3.8) is 0 Å². The van der Waals surface area contributed by atoms with Gasteiger partial charge in [0.2, 0.25) is 0 Å². The highest BCUT2D eigenvalue weighted by molar-refractivity contribution is 5.29. The maximum atomic E-state index is 10.4. The van der Waals surface area contributed by atoms with E-state index in [1.54, 1.807) is 19.2 Å². The Morgan fingerprint density at radius 2 is 2.25 bits per heavy atom. The second kappa shape index (κ2) is 6.04. The fourth-order valence-electron chi connectivity index (χ4n) is 1.13. The van der Waals surface area contributed by atoms with Crippen LogP contribution in [0.1, 0.15) is 11.8 Å². The van der Waals surface area contributed by atoms with Crippen LogP contribution in [0.15, 0.2) is 24.3 Å². The summed E-state index contributed by atoms with van der Waals surface area (Å²) in [5, 5.41) is 19.6. The van der Waals surface area contributed by atoms with Crippen LogP contribution in [0.5, 0.6) is 5.75 Å². The molecule has 1 rings (SSSR count). The molecule has 1 N–H and O–H groups in total. The molecule has 0 aliphatic carbocycles. The number of ether oxygens (including phenoxy) is 2. The highest BCUT2D eigenvalue weighted by Gasteiger charge is 2.18. The number of nitro groups is 1. The van der Waals surface area contributed by atoms with E-state index >= 15 is 0 Å². The molecular weight excluding hydrogens is 214 g/mol. The molecule has 0 amide bonds. The molecule has 0 saturated carbocycles. The molecule has 6 heteroatoms. The zero-order valence-corrected chi connectivity index (χ0v) is 8.83. The molecule has 1 atom stereocenters. The normalized spacial score (nSPS) is 12.1. The van der Waals surface area contributed by atoms with Crippen molar-refractivity contribution in [1.82, 2.24) is 0 Å². The first kappa shape index (κ1) is 12.4. The van der Waals surface area contributed by atoms with Gasteiger partial charge in [0.25, 0.3) is 0 Å². The maximum Gasteiger partial charge on any atom is 0.339 e. The SMILES string of the molecule is COCCOc1cccc(C(O)[N+](=O)[O-])c1. The van der Waals surface area contributed by atoms with E-state index in [1.165, 1.54) is 12.1 Å². The van der Waals surface area contributed by atoms with Crippen LogP contribution in [0.2, 0.25) is 0 Å². The lowest BCUT2D eigenvalue weighted by Gasteiger charge is -2.07. The molecule has 0 spiro atoms. The van der Waals surface area contributed by atoms with Gasteiger partial charge in [0.1, 0.15) is 12.4 Å². The van der Waals surface area contributed by atoms with Crippen LogP contribution in [-0.4, -0.2) is 30.4 Å². The van der Waals surface area contributed by atoms with E-state index < -0.39 is 11.2 Å². The monoisotopic (exact) mass is 227 g/mol. The lowest BCUT2D eigenvalue weighted by atomic mass is 10.2. The van der Waals surface area contributed by atoms with Gasteiger partial charge in [-0.25, -0.2) is 0 Å². The van der Waals surface area contributed by atoms with Crippen LogP contribution in [0.3, 0.4) is 0 Å². The van der Waals surface area contributed by atoms with Gasteiger partial charge in [-0.1, -0.05) is 6.07 Å². The number of hydrogen-bond acceptors (Lipinski definition) is 5. The lowest BCUT2D eigenvalue weighted by molar-refractivity contribution is -0.578. The van der Waals surface area contributed by atoms with E-state index in [9.17, 15) is 15.2 Å². The molecule has 16 heavy (non-hydrogen) atoms. The highest BCUT2D eigenvalue weighted by atomic mass is 16.7. The Bertz CT molecular complexity index is 355. The zero-order valence-electron chi connectivity index (χ0n) is 8.83. The molecule has 0 bridgehead atoms. The number of aliphatic hydroxyl groups excluding tert-OH is 1. The Kier molecular flexibility index (Phi) is 4.68. The molecule has 0 saturated heterocycles. The van der Waals surface area contributed by atoms with E-state index in [4.69, 9.17) is 9.47 Å². The fraction of sp³-hybridized carbons (Fsp3) is 0.400. The summed E-state index contributed by atoms with van der Waals surface area (Å²) in [6.07, 6.45) is -1.72. The fourth-order valence-corrected chi connectivity index (χ4v) is 1.13. The quantitative estimate of drug-likeness (QED) is 0.339. The first-order valence-electron chi connectivity index (χ1n) is 4.68. The number of hydrogen-bond donors (Lipinski definition) is 1. The highest BCUT2D eigenvalue weighted by Crippen LogP contribution is 2.19. The van der Waals surface area contributed by atoms with Gasteiger partial charge in [0, 0.05) is 7.11 Å². The minimum absolute atomic E-state index is 0.194. The van der Waals surface area contributed by atoms with E-state index in [-0.39, 0.29) is 5.56 Å². The topological polar surface area (TPSA) is 81.8 Å². The molecule has 6 nitrogen and oxygen atoms in total. The third-order valence-corrected chi connectivity index (χ3v) is 1.91. The molecule has 0 fully saturated rings. The van der Waals surface area contributed by atoms with Crippen molar-refractivity contribution in [1.29, 1.82) is 0 Å². The van der Waals surface area contributed by atoms with Gasteiger partial charge < -0.3 is 14.6 Å².